The van der Waals surface area contributed by atoms with E-state index in [9.17, 15) is 14.9 Å². The van der Waals surface area contributed by atoms with Crippen LogP contribution in [0.2, 0.25) is 0 Å². The topological polar surface area (TPSA) is 92.3 Å². The number of carbonyl (C=O) groups excluding carboxylic acids is 2. The Hall–Kier alpha value is -3.11. The molecule has 3 aromatic rings. The molecular formula is C22H20N2O4S. The third-order valence-electron chi connectivity index (χ3n) is 5.24. The van der Waals surface area contributed by atoms with Gasteiger partial charge in [0.25, 0.3) is 5.91 Å². The summed E-state index contributed by atoms with van der Waals surface area (Å²) in [6.07, 6.45) is 2.82. The molecule has 6 nitrogen and oxygen atoms in total. The van der Waals surface area contributed by atoms with Crippen LogP contribution < -0.4 is 5.32 Å². The van der Waals surface area contributed by atoms with Gasteiger partial charge in [-0.15, -0.1) is 11.3 Å². The molecule has 0 saturated carbocycles. The van der Waals surface area contributed by atoms with Crippen molar-refractivity contribution in [2.75, 3.05) is 11.9 Å². The molecule has 1 N–H and O–H groups in total. The van der Waals surface area contributed by atoms with Gasteiger partial charge in [0.1, 0.15) is 16.7 Å². The van der Waals surface area contributed by atoms with Crippen molar-refractivity contribution in [1.29, 1.82) is 5.26 Å². The summed E-state index contributed by atoms with van der Waals surface area (Å²) in [6.45, 7) is 3.52. The summed E-state index contributed by atoms with van der Waals surface area (Å²) in [5, 5.41) is 13.6. The Bertz CT molecular complexity index is 1150. The predicted octanol–water partition coefficient (Wildman–Crippen LogP) is 4.59. The monoisotopic (exact) mass is 408 g/mol. The fourth-order valence-corrected chi connectivity index (χ4v) is 5.06. The Morgan fingerprint density at radius 2 is 2.17 bits per heavy atom. The highest BCUT2D eigenvalue weighted by Crippen LogP contribution is 2.39. The van der Waals surface area contributed by atoms with Crippen LogP contribution >= 0.6 is 11.3 Å². The first-order valence-corrected chi connectivity index (χ1v) is 10.3. The van der Waals surface area contributed by atoms with Crippen molar-refractivity contribution in [2.24, 2.45) is 5.92 Å². The summed E-state index contributed by atoms with van der Waals surface area (Å²) in [7, 11) is 0. The van der Waals surface area contributed by atoms with Crippen molar-refractivity contribution < 1.29 is 18.7 Å². The first-order valence-electron chi connectivity index (χ1n) is 9.47. The molecule has 0 fully saturated rings. The van der Waals surface area contributed by atoms with Gasteiger partial charge in [-0.3, -0.25) is 4.79 Å². The van der Waals surface area contributed by atoms with Crippen molar-refractivity contribution in [3.8, 4) is 6.07 Å². The van der Waals surface area contributed by atoms with E-state index in [1.165, 1.54) is 11.3 Å². The molecule has 0 aliphatic heterocycles. The van der Waals surface area contributed by atoms with Crippen molar-refractivity contribution in [2.45, 2.75) is 33.1 Å². The number of aryl methyl sites for hydroxylation is 1. The lowest BCUT2D eigenvalue weighted by atomic mass is 9.89. The SMILES string of the molecule is Cc1c(C(=O)OCC(=O)Nc2sc3c(c2C#N)CC[C@@H](C)C3)oc2ccccc12. The average Bonchev–Trinajstić information content (AvgIpc) is 3.23. The number of thiophene rings is 1. The number of furan rings is 1. The minimum atomic E-state index is -0.686. The lowest BCUT2D eigenvalue weighted by Crippen LogP contribution is -2.21. The number of carbonyl (C=O) groups is 2. The van der Waals surface area contributed by atoms with Gasteiger partial charge in [0.05, 0.1) is 5.56 Å². The third-order valence-corrected chi connectivity index (χ3v) is 6.41. The smallest absolute Gasteiger partial charge is 0.375 e. The molecular weight excluding hydrogens is 388 g/mol. The maximum atomic E-state index is 12.4. The van der Waals surface area contributed by atoms with Crippen LogP contribution in [0.15, 0.2) is 28.7 Å². The van der Waals surface area contributed by atoms with Gasteiger partial charge in [-0.25, -0.2) is 4.79 Å². The number of rotatable bonds is 4. The molecule has 0 saturated heterocycles. The number of hydrogen-bond donors (Lipinski definition) is 1. The number of hydrogen-bond acceptors (Lipinski definition) is 6. The maximum Gasteiger partial charge on any atom is 0.375 e. The first-order chi connectivity index (χ1) is 14.0. The number of amides is 1. The van der Waals surface area contributed by atoms with Crippen molar-refractivity contribution >= 4 is 39.2 Å². The summed E-state index contributed by atoms with van der Waals surface area (Å²) in [5.74, 6) is -0.495. The molecule has 1 aromatic carbocycles. The Labute approximate surface area is 172 Å². The number of nitriles is 1. The highest BCUT2D eigenvalue weighted by Gasteiger charge is 2.25. The van der Waals surface area contributed by atoms with E-state index in [0.717, 1.165) is 35.1 Å². The Kier molecular flexibility index (Phi) is 5.12. The van der Waals surface area contributed by atoms with E-state index in [1.54, 1.807) is 13.0 Å². The van der Waals surface area contributed by atoms with E-state index in [-0.39, 0.29) is 5.76 Å². The molecule has 0 bridgehead atoms. The van der Waals surface area contributed by atoms with Crippen LogP contribution in [-0.4, -0.2) is 18.5 Å². The van der Waals surface area contributed by atoms with E-state index in [2.05, 4.69) is 18.3 Å². The maximum absolute atomic E-state index is 12.4. The fourth-order valence-electron chi connectivity index (χ4n) is 3.69. The molecule has 1 aliphatic rings. The van der Waals surface area contributed by atoms with E-state index in [4.69, 9.17) is 9.15 Å². The van der Waals surface area contributed by atoms with Gasteiger partial charge < -0.3 is 14.5 Å². The van der Waals surface area contributed by atoms with Gasteiger partial charge in [-0.05, 0) is 43.7 Å². The number of nitrogens with one attached hydrogen (secondary N) is 1. The molecule has 1 amide bonds. The normalized spacial score (nSPS) is 15.6. The number of ether oxygens (including phenoxy) is 1. The zero-order valence-electron chi connectivity index (χ0n) is 16.2. The zero-order valence-corrected chi connectivity index (χ0v) is 17.0. The Balaban J connectivity index is 1.43. The largest absolute Gasteiger partial charge is 0.450 e. The number of para-hydroxylation sites is 1. The molecule has 0 radical (unpaired) electrons. The number of fused-ring (bicyclic) bond motifs is 2. The quantitative estimate of drug-likeness (QED) is 0.637. The first kappa shape index (κ1) is 19.2. The number of nitrogens with zero attached hydrogens (tertiary/aromatic N) is 1. The predicted molar refractivity (Wildman–Crippen MR) is 110 cm³/mol. The van der Waals surface area contributed by atoms with Gasteiger partial charge in [0.15, 0.2) is 6.61 Å². The second-order valence-electron chi connectivity index (χ2n) is 7.34. The van der Waals surface area contributed by atoms with E-state index in [1.807, 2.05) is 18.2 Å². The molecule has 4 rings (SSSR count). The van der Waals surface area contributed by atoms with Crippen molar-refractivity contribution in [1.82, 2.24) is 0 Å². The van der Waals surface area contributed by atoms with Crippen LogP contribution in [0, 0.1) is 24.2 Å². The minimum absolute atomic E-state index is 0.0947. The third kappa shape index (κ3) is 3.64. The second kappa shape index (κ2) is 7.72. The van der Waals surface area contributed by atoms with Crippen LogP contribution in [0.25, 0.3) is 11.0 Å². The molecule has 148 valence electrons. The number of benzene rings is 1. The molecule has 1 aliphatic carbocycles. The average molecular weight is 408 g/mol. The van der Waals surface area contributed by atoms with Crippen molar-refractivity contribution in [3.63, 3.8) is 0 Å². The summed E-state index contributed by atoms with van der Waals surface area (Å²) < 4.78 is 10.7. The minimum Gasteiger partial charge on any atom is -0.450 e. The van der Waals surface area contributed by atoms with Crippen LogP contribution in [-0.2, 0) is 22.4 Å². The van der Waals surface area contributed by atoms with Gasteiger partial charge in [0, 0.05) is 15.8 Å². The highest BCUT2D eigenvalue weighted by molar-refractivity contribution is 7.16. The van der Waals surface area contributed by atoms with Crippen LogP contribution in [0.1, 0.15) is 45.5 Å². The number of anilines is 1. The molecule has 0 unspecified atom stereocenters. The second-order valence-corrected chi connectivity index (χ2v) is 8.45. The van der Waals surface area contributed by atoms with E-state index >= 15 is 0 Å². The fraction of sp³-hybridized carbons (Fsp3) is 0.318. The Morgan fingerprint density at radius 1 is 1.38 bits per heavy atom. The van der Waals surface area contributed by atoms with Crippen molar-refractivity contribution in [3.05, 3.63) is 51.6 Å². The molecule has 0 spiro atoms. The lowest BCUT2D eigenvalue weighted by Gasteiger charge is -2.17. The van der Waals surface area contributed by atoms with Crippen LogP contribution in [0.4, 0.5) is 5.00 Å². The van der Waals surface area contributed by atoms with E-state index in [0.29, 0.717) is 27.6 Å². The van der Waals surface area contributed by atoms with Crippen LogP contribution in [0.5, 0.6) is 0 Å². The number of esters is 1. The highest BCUT2D eigenvalue weighted by atomic mass is 32.1. The van der Waals surface area contributed by atoms with Gasteiger partial charge in [0.2, 0.25) is 5.76 Å². The zero-order chi connectivity index (χ0) is 20.5. The molecule has 2 heterocycles. The summed E-state index contributed by atoms with van der Waals surface area (Å²) in [4.78, 5) is 25.9. The standard InChI is InChI=1S/C22H20N2O4S/c1-12-7-8-15-16(10-23)21(29-18(15)9-12)24-19(25)11-27-22(26)20-13(2)14-5-3-4-6-17(14)28-20/h3-6,12H,7-9,11H2,1-2H3,(H,24,25)/t12-/m1/s1. The summed E-state index contributed by atoms with van der Waals surface area (Å²) in [5.41, 5.74) is 2.85. The van der Waals surface area contributed by atoms with Gasteiger partial charge >= 0.3 is 5.97 Å². The summed E-state index contributed by atoms with van der Waals surface area (Å²) in [6, 6.07) is 9.53. The molecule has 29 heavy (non-hydrogen) atoms. The van der Waals surface area contributed by atoms with Gasteiger partial charge in [-0.1, -0.05) is 25.1 Å². The molecule has 7 heteroatoms. The van der Waals surface area contributed by atoms with Crippen LogP contribution in [0.3, 0.4) is 0 Å². The molecule has 2 aromatic heterocycles. The van der Waals surface area contributed by atoms with E-state index < -0.39 is 18.5 Å². The Morgan fingerprint density at radius 3 is 2.93 bits per heavy atom. The van der Waals surface area contributed by atoms with Gasteiger partial charge in [-0.2, -0.15) is 5.26 Å². The summed E-state index contributed by atoms with van der Waals surface area (Å²) >= 11 is 1.44. The lowest BCUT2D eigenvalue weighted by molar-refractivity contribution is -0.119. The molecule has 1 atom stereocenters.